The minimum Gasteiger partial charge on any atom is -0.494 e. The summed E-state index contributed by atoms with van der Waals surface area (Å²) in [5, 5.41) is 19.0. The zero-order chi connectivity index (χ0) is 29.8. The molecule has 2 amide bonds. The van der Waals surface area contributed by atoms with Gasteiger partial charge in [-0.3, -0.25) is 24.3 Å². The second-order valence-electron chi connectivity index (χ2n) is 8.87. The van der Waals surface area contributed by atoms with E-state index in [-0.39, 0.29) is 12.5 Å². The predicted molar refractivity (Wildman–Crippen MR) is 160 cm³/mol. The Hall–Kier alpha value is -4.47. The van der Waals surface area contributed by atoms with E-state index >= 15 is 0 Å². The lowest BCUT2D eigenvalue weighted by atomic mass is 10.1. The highest BCUT2D eigenvalue weighted by atomic mass is 79.9. The number of nitrogens with zero attached hydrogens (tertiary/aromatic N) is 3. The minimum absolute atomic E-state index is 0.176. The van der Waals surface area contributed by atoms with Crippen LogP contribution in [0.3, 0.4) is 0 Å². The van der Waals surface area contributed by atoms with Gasteiger partial charge in [0, 0.05) is 53.1 Å². The first-order valence-corrected chi connectivity index (χ1v) is 13.6. The number of halogens is 1. The van der Waals surface area contributed by atoms with Crippen molar-refractivity contribution in [2.75, 3.05) is 51.0 Å². The fraction of sp³-hybridized carbons (Fsp3) is 0.276. The number of rotatable bonds is 13. The Morgan fingerprint density at radius 3 is 2.66 bits per heavy atom. The van der Waals surface area contributed by atoms with Crippen molar-refractivity contribution in [3.05, 3.63) is 64.8 Å². The summed E-state index contributed by atoms with van der Waals surface area (Å²) in [6.07, 6.45) is 4.35. The van der Waals surface area contributed by atoms with Crippen LogP contribution in [0.4, 0.5) is 17.1 Å². The average Bonchev–Trinajstić information content (AvgIpc) is 2.94. The van der Waals surface area contributed by atoms with Gasteiger partial charge in [0.15, 0.2) is 0 Å². The Kier molecular flexibility index (Phi) is 11.6. The number of hydrogen-bond acceptors (Lipinski definition) is 9. The Labute approximate surface area is 246 Å². The number of nitriles is 1. The largest absolute Gasteiger partial charge is 0.494 e. The number of anilines is 3. The van der Waals surface area contributed by atoms with E-state index in [4.69, 9.17) is 9.47 Å². The van der Waals surface area contributed by atoms with Crippen LogP contribution in [0.1, 0.15) is 18.9 Å². The fourth-order valence-corrected chi connectivity index (χ4v) is 4.27. The molecule has 1 heterocycles. The van der Waals surface area contributed by atoms with Crippen LogP contribution < -0.4 is 20.7 Å². The molecule has 0 aliphatic carbocycles. The van der Waals surface area contributed by atoms with E-state index in [1.807, 2.05) is 24.3 Å². The van der Waals surface area contributed by atoms with Crippen LogP contribution in [0.5, 0.6) is 5.75 Å². The van der Waals surface area contributed by atoms with Crippen LogP contribution in [0.15, 0.2) is 59.2 Å². The van der Waals surface area contributed by atoms with Crippen molar-refractivity contribution in [2.24, 2.45) is 0 Å². The highest BCUT2D eigenvalue weighted by Gasteiger charge is 2.15. The van der Waals surface area contributed by atoms with Crippen molar-refractivity contribution in [1.82, 2.24) is 15.2 Å². The first kappa shape index (κ1) is 31.1. The van der Waals surface area contributed by atoms with Crippen molar-refractivity contribution in [3.8, 4) is 11.8 Å². The Morgan fingerprint density at radius 2 is 1.95 bits per heavy atom. The fourth-order valence-electron chi connectivity index (χ4n) is 3.87. The second-order valence-corrected chi connectivity index (χ2v) is 9.79. The number of aromatic nitrogens is 1. The summed E-state index contributed by atoms with van der Waals surface area (Å²) < 4.78 is 11.2. The van der Waals surface area contributed by atoms with Gasteiger partial charge in [0.2, 0.25) is 11.8 Å². The van der Waals surface area contributed by atoms with E-state index in [2.05, 4.69) is 42.9 Å². The number of esters is 1. The van der Waals surface area contributed by atoms with Gasteiger partial charge in [0.05, 0.1) is 42.7 Å². The van der Waals surface area contributed by atoms with Crippen LogP contribution in [0.25, 0.3) is 10.9 Å². The van der Waals surface area contributed by atoms with Gasteiger partial charge in [-0.1, -0.05) is 22.0 Å². The second kappa shape index (κ2) is 15.4. The standard InChI is InChI=1S/C29H31BrN6O5/c1-4-41-28(39)18-36(2)12-6-11-32-26(37)9-10-27(38)35-24-14-22-23(15-25(24)40-3)33-17-19(16-31)29(22)34-21-8-5-7-20(30)13-21/h5,7-10,13-15,17H,4,6,11-12,18H2,1-3H3,(H,32,37)(H,33,34)(H,35,38)/b10-9+. The average molecular weight is 624 g/mol. The van der Waals surface area contributed by atoms with Gasteiger partial charge in [-0.15, -0.1) is 0 Å². The highest BCUT2D eigenvalue weighted by Crippen LogP contribution is 2.36. The van der Waals surface area contributed by atoms with Gasteiger partial charge in [-0.2, -0.15) is 5.26 Å². The third kappa shape index (κ3) is 9.30. The monoisotopic (exact) mass is 622 g/mol. The molecule has 0 radical (unpaired) electrons. The number of methoxy groups -OCH3 is 1. The van der Waals surface area contributed by atoms with Crippen LogP contribution in [0, 0.1) is 11.3 Å². The Morgan fingerprint density at radius 1 is 1.17 bits per heavy atom. The molecular formula is C29H31BrN6O5. The number of amides is 2. The van der Waals surface area contributed by atoms with Crippen molar-refractivity contribution in [1.29, 1.82) is 5.26 Å². The zero-order valence-electron chi connectivity index (χ0n) is 23.0. The van der Waals surface area contributed by atoms with Crippen LogP contribution in [0.2, 0.25) is 0 Å². The van der Waals surface area contributed by atoms with E-state index in [1.54, 1.807) is 31.0 Å². The molecule has 2 aromatic carbocycles. The molecule has 0 spiro atoms. The van der Waals surface area contributed by atoms with E-state index in [9.17, 15) is 19.6 Å². The molecule has 11 nitrogen and oxygen atoms in total. The first-order chi connectivity index (χ1) is 19.7. The lowest BCUT2D eigenvalue weighted by Gasteiger charge is -2.15. The topological polar surface area (TPSA) is 146 Å². The molecule has 0 saturated heterocycles. The van der Waals surface area contributed by atoms with Crippen molar-refractivity contribution < 1.29 is 23.9 Å². The van der Waals surface area contributed by atoms with Crippen LogP contribution in [-0.2, 0) is 19.1 Å². The van der Waals surface area contributed by atoms with Gasteiger partial charge < -0.3 is 25.4 Å². The maximum atomic E-state index is 12.7. The summed E-state index contributed by atoms with van der Waals surface area (Å²) >= 11 is 3.45. The van der Waals surface area contributed by atoms with Gasteiger partial charge in [0.25, 0.3) is 0 Å². The van der Waals surface area contributed by atoms with Crippen LogP contribution in [-0.4, -0.2) is 68.1 Å². The molecule has 0 fully saturated rings. The normalized spacial score (nSPS) is 10.8. The molecule has 0 bridgehead atoms. The molecule has 0 unspecified atom stereocenters. The number of benzene rings is 2. The third-order valence-corrected chi connectivity index (χ3v) is 6.26. The number of hydrogen-bond donors (Lipinski definition) is 3. The van der Waals surface area contributed by atoms with E-state index < -0.39 is 11.8 Å². The van der Waals surface area contributed by atoms with Crippen molar-refractivity contribution in [3.63, 3.8) is 0 Å². The summed E-state index contributed by atoms with van der Waals surface area (Å²) in [4.78, 5) is 42.5. The number of carbonyl (C=O) groups is 3. The maximum Gasteiger partial charge on any atom is 0.320 e. The van der Waals surface area contributed by atoms with E-state index in [0.29, 0.717) is 59.7 Å². The molecule has 0 aliphatic rings. The SMILES string of the molecule is CCOC(=O)CN(C)CCCNC(=O)/C=C/C(=O)Nc1cc2c(Nc3cccc(Br)c3)c(C#N)cnc2cc1OC. The van der Waals surface area contributed by atoms with Crippen LogP contribution >= 0.6 is 15.9 Å². The molecule has 41 heavy (non-hydrogen) atoms. The molecule has 3 rings (SSSR count). The molecule has 214 valence electrons. The van der Waals surface area contributed by atoms with Gasteiger partial charge in [-0.25, -0.2) is 0 Å². The number of pyridine rings is 1. The number of carbonyl (C=O) groups excluding carboxylic acids is 3. The number of ether oxygens (including phenoxy) is 2. The number of likely N-dealkylation sites (N-methyl/N-ethyl adjacent to an activating group) is 1. The Bertz CT molecular complexity index is 1490. The minimum atomic E-state index is -0.544. The molecule has 1 aromatic heterocycles. The highest BCUT2D eigenvalue weighted by molar-refractivity contribution is 9.10. The third-order valence-electron chi connectivity index (χ3n) is 5.77. The van der Waals surface area contributed by atoms with Gasteiger partial charge >= 0.3 is 5.97 Å². The lowest BCUT2D eigenvalue weighted by molar-refractivity contribution is -0.144. The predicted octanol–water partition coefficient (Wildman–Crippen LogP) is 4.12. The van der Waals surface area contributed by atoms with Gasteiger partial charge in [-0.05, 0) is 44.7 Å². The summed E-state index contributed by atoms with van der Waals surface area (Å²) in [7, 11) is 3.26. The zero-order valence-corrected chi connectivity index (χ0v) is 24.6. The number of fused-ring (bicyclic) bond motifs is 1. The quantitative estimate of drug-likeness (QED) is 0.145. The molecule has 3 N–H and O–H groups in total. The summed E-state index contributed by atoms with van der Waals surface area (Å²) in [5.74, 6) is -0.907. The molecule has 12 heteroatoms. The van der Waals surface area contributed by atoms with Crippen molar-refractivity contribution >= 4 is 61.7 Å². The maximum absolute atomic E-state index is 12.7. The van der Waals surface area contributed by atoms with E-state index in [0.717, 1.165) is 22.3 Å². The first-order valence-electron chi connectivity index (χ1n) is 12.8. The van der Waals surface area contributed by atoms with E-state index in [1.165, 1.54) is 13.3 Å². The molecule has 3 aromatic rings. The molecular weight excluding hydrogens is 592 g/mol. The lowest BCUT2D eigenvalue weighted by Crippen LogP contribution is -2.31. The summed E-state index contributed by atoms with van der Waals surface area (Å²) in [5.41, 5.74) is 2.50. The summed E-state index contributed by atoms with van der Waals surface area (Å²) in [6, 6.07) is 13.0. The number of nitrogens with one attached hydrogen (secondary N) is 3. The molecule has 0 atom stereocenters. The summed E-state index contributed by atoms with van der Waals surface area (Å²) in [6.45, 7) is 3.22. The van der Waals surface area contributed by atoms with Crippen molar-refractivity contribution in [2.45, 2.75) is 13.3 Å². The van der Waals surface area contributed by atoms with Gasteiger partial charge in [0.1, 0.15) is 11.8 Å². The Balaban J connectivity index is 1.67. The molecule has 0 saturated carbocycles. The smallest absolute Gasteiger partial charge is 0.320 e. The molecule has 0 aliphatic heterocycles.